The second-order valence-electron chi connectivity index (χ2n) is 13.3. The SMILES string of the molecule is c1ccc(-c2ccc3ccc4ccc(-c5cc(-c6ccc7oc8ccccc8c7c6)ccc5-c5ccc6oc7ccccc7c6c5)nc4c3n2)cc1. The average Bonchev–Trinajstić information content (AvgIpc) is 3.78. The summed E-state index contributed by atoms with van der Waals surface area (Å²) in [6.45, 7) is 0. The summed E-state index contributed by atoms with van der Waals surface area (Å²) in [6, 6.07) is 59.2. The molecule has 242 valence electrons. The van der Waals surface area contributed by atoms with Crippen LogP contribution in [0.2, 0.25) is 0 Å². The molecule has 0 atom stereocenters. The van der Waals surface area contributed by atoms with Crippen LogP contribution in [0.1, 0.15) is 0 Å². The Morgan fingerprint density at radius 1 is 0.308 bits per heavy atom. The Morgan fingerprint density at radius 2 is 0.808 bits per heavy atom. The molecule has 0 aliphatic rings. The number of hydrogen-bond acceptors (Lipinski definition) is 4. The topological polar surface area (TPSA) is 52.1 Å². The number of nitrogens with zero attached hydrogens (tertiary/aromatic N) is 2. The quantitative estimate of drug-likeness (QED) is 0.176. The molecule has 4 heterocycles. The Kier molecular flexibility index (Phi) is 6.22. The van der Waals surface area contributed by atoms with Gasteiger partial charge in [0.05, 0.1) is 22.4 Å². The van der Waals surface area contributed by atoms with Crippen molar-refractivity contribution in [1.82, 2.24) is 9.97 Å². The highest BCUT2D eigenvalue weighted by molar-refractivity contribution is 6.09. The van der Waals surface area contributed by atoms with Crippen molar-refractivity contribution in [2.24, 2.45) is 0 Å². The summed E-state index contributed by atoms with van der Waals surface area (Å²) < 4.78 is 12.4. The van der Waals surface area contributed by atoms with Crippen LogP contribution >= 0.6 is 0 Å². The summed E-state index contributed by atoms with van der Waals surface area (Å²) in [5.74, 6) is 0. The highest BCUT2D eigenvalue weighted by Gasteiger charge is 2.17. The molecule has 0 aliphatic heterocycles. The molecule has 0 aliphatic carbocycles. The van der Waals surface area contributed by atoms with Crippen LogP contribution in [0, 0.1) is 0 Å². The van der Waals surface area contributed by atoms with Crippen LogP contribution in [0.15, 0.2) is 179 Å². The number of fused-ring (bicyclic) bond motifs is 9. The van der Waals surface area contributed by atoms with Crippen molar-refractivity contribution in [1.29, 1.82) is 0 Å². The molecular formula is C48H28N2O2. The molecule has 0 spiro atoms. The van der Waals surface area contributed by atoms with Crippen molar-refractivity contribution in [2.75, 3.05) is 0 Å². The lowest BCUT2D eigenvalue weighted by Crippen LogP contribution is -1.93. The lowest BCUT2D eigenvalue weighted by Gasteiger charge is -2.14. The van der Waals surface area contributed by atoms with Gasteiger partial charge in [-0.3, -0.25) is 0 Å². The lowest BCUT2D eigenvalue weighted by molar-refractivity contribution is 0.668. The Hall–Kier alpha value is -7.04. The van der Waals surface area contributed by atoms with Gasteiger partial charge in [-0.15, -0.1) is 0 Å². The van der Waals surface area contributed by atoms with Gasteiger partial charge in [0.15, 0.2) is 0 Å². The third-order valence-electron chi connectivity index (χ3n) is 10.3. The molecule has 0 saturated heterocycles. The third-order valence-corrected chi connectivity index (χ3v) is 10.3. The van der Waals surface area contributed by atoms with E-state index in [-0.39, 0.29) is 0 Å². The predicted molar refractivity (Wildman–Crippen MR) is 213 cm³/mol. The first-order valence-electron chi connectivity index (χ1n) is 17.5. The molecule has 7 aromatic carbocycles. The maximum atomic E-state index is 6.20. The number of rotatable bonds is 4. The number of aromatic nitrogens is 2. The van der Waals surface area contributed by atoms with Crippen LogP contribution in [0.5, 0.6) is 0 Å². The van der Waals surface area contributed by atoms with Crippen molar-refractivity contribution >= 4 is 65.7 Å². The fourth-order valence-electron chi connectivity index (χ4n) is 7.67. The molecular weight excluding hydrogens is 637 g/mol. The van der Waals surface area contributed by atoms with E-state index in [1.165, 1.54) is 0 Å². The monoisotopic (exact) mass is 664 g/mol. The summed E-state index contributed by atoms with van der Waals surface area (Å²) in [4.78, 5) is 10.6. The summed E-state index contributed by atoms with van der Waals surface area (Å²) in [7, 11) is 0. The highest BCUT2D eigenvalue weighted by atomic mass is 16.3. The fourth-order valence-corrected chi connectivity index (χ4v) is 7.67. The Bertz CT molecular complexity index is 3190. The van der Waals surface area contributed by atoms with Gasteiger partial charge in [0.1, 0.15) is 22.3 Å². The molecule has 0 saturated carbocycles. The van der Waals surface area contributed by atoms with Crippen molar-refractivity contribution in [3.05, 3.63) is 170 Å². The van der Waals surface area contributed by atoms with Crippen molar-refractivity contribution in [2.45, 2.75) is 0 Å². The predicted octanol–water partition coefficient (Wildman–Crippen LogP) is 13.2. The average molecular weight is 665 g/mol. The van der Waals surface area contributed by atoms with E-state index in [9.17, 15) is 0 Å². The number of benzene rings is 7. The van der Waals surface area contributed by atoms with Crippen LogP contribution in [0.3, 0.4) is 0 Å². The van der Waals surface area contributed by atoms with Crippen LogP contribution in [0.25, 0.3) is 110 Å². The van der Waals surface area contributed by atoms with E-state index in [2.05, 4.69) is 127 Å². The Morgan fingerprint density at radius 3 is 1.50 bits per heavy atom. The van der Waals surface area contributed by atoms with Gasteiger partial charge in [-0.1, -0.05) is 115 Å². The van der Waals surface area contributed by atoms with Crippen molar-refractivity contribution < 1.29 is 8.83 Å². The van der Waals surface area contributed by atoms with E-state index in [0.29, 0.717) is 0 Å². The second kappa shape index (κ2) is 11.2. The minimum Gasteiger partial charge on any atom is -0.456 e. The molecule has 52 heavy (non-hydrogen) atoms. The van der Waals surface area contributed by atoms with E-state index in [4.69, 9.17) is 18.8 Å². The molecule has 0 N–H and O–H groups in total. The maximum absolute atomic E-state index is 6.20. The van der Waals surface area contributed by atoms with Gasteiger partial charge in [0.2, 0.25) is 0 Å². The first-order chi connectivity index (χ1) is 25.7. The highest BCUT2D eigenvalue weighted by Crippen LogP contribution is 2.40. The number of pyridine rings is 2. The Balaban J connectivity index is 1.14. The minimum absolute atomic E-state index is 0.874. The van der Waals surface area contributed by atoms with Crippen LogP contribution in [0.4, 0.5) is 0 Å². The van der Waals surface area contributed by atoms with Crippen LogP contribution in [-0.2, 0) is 0 Å². The van der Waals surface area contributed by atoms with Gasteiger partial charge in [-0.05, 0) is 76.9 Å². The zero-order valence-electron chi connectivity index (χ0n) is 27.9. The van der Waals surface area contributed by atoms with Gasteiger partial charge in [-0.25, -0.2) is 9.97 Å². The number of hydrogen-bond donors (Lipinski definition) is 0. The standard InChI is InChI=1S/C48H28N2O2/c1-2-8-29(9-3-1)41-22-17-30-14-15-31-18-23-42(50-48(31)47(30)49-41)38-26-32(33-19-24-45-39(27-33)36-10-4-6-12-43(36)51-45)16-21-35(38)34-20-25-46-40(28-34)37-11-5-7-13-44(37)52-46/h1-28H. The van der Waals surface area contributed by atoms with E-state index in [1.54, 1.807) is 0 Å². The summed E-state index contributed by atoms with van der Waals surface area (Å²) >= 11 is 0. The molecule has 0 bridgehead atoms. The summed E-state index contributed by atoms with van der Waals surface area (Å²) in [5.41, 5.74) is 13.7. The smallest absolute Gasteiger partial charge is 0.135 e. The van der Waals surface area contributed by atoms with Gasteiger partial charge < -0.3 is 8.83 Å². The first kappa shape index (κ1) is 28.8. The second-order valence-corrected chi connectivity index (χ2v) is 13.3. The molecule has 0 amide bonds. The van der Waals surface area contributed by atoms with E-state index < -0.39 is 0 Å². The molecule has 4 heteroatoms. The molecule has 0 unspecified atom stereocenters. The molecule has 4 nitrogen and oxygen atoms in total. The van der Waals surface area contributed by atoms with E-state index in [0.717, 1.165) is 110 Å². The fraction of sp³-hybridized carbons (Fsp3) is 0. The maximum Gasteiger partial charge on any atom is 0.135 e. The molecule has 0 radical (unpaired) electrons. The zero-order chi connectivity index (χ0) is 34.2. The van der Waals surface area contributed by atoms with Gasteiger partial charge >= 0.3 is 0 Å². The van der Waals surface area contributed by atoms with E-state index >= 15 is 0 Å². The van der Waals surface area contributed by atoms with Gasteiger partial charge in [0, 0.05) is 43.4 Å². The third kappa shape index (κ3) is 4.55. The van der Waals surface area contributed by atoms with Gasteiger partial charge in [0.25, 0.3) is 0 Å². The largest absolute Gasteiger partial charge is 0.456 e. The van der Waals surface area contributed by atoms with Crippen LogP contribution < -0.4 is 0 Å². The summed E-state index contributed by atoms with van der Waals surface area (Å²) in [5, 5.41) is 6.53. The molecule has 11 aromatic rings. The van der Waals surface area contributed by atoms with E-state index in [1.807, 2.05) is 42.5 Å². The molecule has 11 rings (SSSR count). The zero-order valence-corrected chi connectivity index (χ0v) is 27.9. The Labute approximate surface area is 298 Å². The normalized spacial score (nSPS) is 11.8. The molecule has 4 aromatic heterocycles. The summed E-state index contributed by atoms with van der Waals surface area (Å²) in [6.07, 6.45) is 0. The van der Waals surface area contributed by atoms with Crippen molar-refractivity contribution in [3.8, 4) is 44.8 Å². The molecule has 0 fully saturated rings. The minimum atomic E-state index is 0.874. The van der Waals surface area contributed by atoms with Gasteiger partial charge in [-0.2, -0.15) is 0 Å². The first-order valence-corrected chi connectivity index (χ1v) is 17.5. The number of furan rings is 2. The van der Waals surface area contributed by atoms with Crippen molar-refractivity contribution in [3.63, 3.8) is 0 Å². The number of para-hydroxylation sites is 2. The van der Waals surface area contributed by atoms with Crippen LogP contribution in [-0.4, -0.2) is 9.97 Å². The lowest BCUT2D eigenvalue weighted by atomic mass is 9.91.